The summed E-state index contributed by atoms with van der Waals surface area (Å²) < 4.78 is 0. The normalized spacial score (nSPS) is 11.5. The molecule has 27 heavy (non-hydrogen) atoms. The van der Waals surface area contributed by atoms with Crippen molar-refractivity contribution in [3.05, 3.63) is 65.3 Å². The first kappa shape index (κ1) is 18.3. The first-order valence-corrected chi connectivity index (χ1v) is 8.35. The molecule has 0 bridgehead atoms. The van der Waals surface area contributed by atoms with Crippen molar-refractivity contribution in [2.75, 3.05) is 10.6 Å². The maximum absolute atomic E-state index is 12.3. The summed E-state index contributed by atoms with van der Waals surface area (Å²) in [5.74, 6) is 0.555. The molecule has 0 spiro atoms. The Balaban J connectivity index is 1.61. The number of nitrogens with one attached hydrogen (secondary N) is 4. The van der Waals surface area contributed by atoms with Crippen LogP contribution in [0.4, 0.5) is 16.3 Å². The van der Waals surface area contributed by atoms with Crippen molar-refractivity contribution in [3.8, 4) is 0 Å². The molecule has 4 N–H and O–H groups in total. The first-order chi connectivity index (χ1) is 13.0. The lowest BCUT2D eigenvalue weighted by Gasteiger charge is -2.13. The van der Waals surface area contributed by atoms with Crippen LogP contribution in [0.1, 0.15) is 29.1 Å². The molecule has 0 aliphatic rings. The molecule has 138 valence electrons. The van der Waals surface area contributed by atoms with Gasteiger partial charge >= 0.3 is 6.03 Å². The zero-order valence-electron chi connectivity index (χ0n) is 14.2. The highest BCUT2D eigenvalue weighted by Gasteiger charge is 2.13. The van der Waals surface area contributed by atoms with Gasteiger partial charge in [-0.15, -0.1) is 0 Å². The monoisotopic (exact) mass is 385 g/mol. The highest BCUT2D eigenvalue weighted by atomic mass is 35.5. The minimum absolute atomic E-state index is 0.352. The number of hydrogen-bond acceptors (Lipinski definition) is 5. The molecule has 10 heteroatoms. The lowest BCUT2D eigenvalue weighted by molar-refractivity contribution is 0.102. The maximum Gasteiger partial charge on any atom is 0.319 e. The largest absolute Gasteiger partial charge is 0.328 e. The van der Waals surface area contributed by atoms with E-state index in [4.69, 9.17) is 11.6 Å². The summed E-state index contributed by atoms with van der Waals surface area (Å²) in [6.07, 6.45) is 2.80. The van der Waals surface area contributed by atoms with Gasteiger partial charge in [-0.05, 0) is 37.3 Å². The van der Waals surface area contributed by atoms with E-state index in [0.29, 0.717) is 27.9 Å². The number of carbonyl (C=O) groups is 2. The summed E-state index contributed by atoms with van der Waals surface area (Å²) in [5.41, 5.74) is 0.835. The summed E-state index contributed by atoms with van der Waals surface area (Å²) in [6.45, 7) is 1.77. The van der Waals surface area contributed by atoms with Crippen LogP contribution in [-0.2, 0) is 0 Å². The number of urea groups is 1. The molecule has 3 rings (SSSR count). The number of amides is 3. The van der Waals surface area contributed by atoms with Gasteiger partial charge in [0.25, 0.3) is 5.91 Å². The van der Waals surface area contributed by atoms with Gasteiger partial charge in [-0.2, -0.15) is 5.10 Å². The van der Waals surface area contributed by atoms with E-state index in [1.165, 1.54) is 12.5 Å². The smallest absolute Gasteiger partial charge is 0.319 e. The van der Waals surface area contributed by atoms with Crippen molar-refractivity contribution in [2.24, 2.45) is 0 Å². The van der Waals surface area contributed by atoms with Crippen LogP contribution in [0.2, 0.25) is 5.02 Å². The first-order valence-electron chi connectivity index (χ1n) is 7.97. The number of anilines is 2. The van der Waals surface area contributed by atoms with Crippen molar-refractivity contribution in [3.63, 3.8) is 0 Å². The number of aromatic nitrogens is 4. The number of aromatic amines is 1. The number of pyridine rings is 1. The Hall–Kier alpha value is -3.46. The Morgan fingerprint density at radius 3 is 2.70 bits per heavy atom. The Kier molecular flexibility index (Phi) is 5.62. The van der Waals surface area contributed by atoms with Crippen molar-refractivity contribution in [1.82, 2.24) is 25.5 Å². The molecule has 2 aromatic heterocycles. The van der Waals surface area contributed by atoms with Crippen LogP contribution >= 0.6 is 11.6 Å². The lowest BCUT2D eigenvalue weighted by Crippen LogP contribution is -2.31. The van der Waals surface area contributed by atoms with E-state index in [2.05, 4.69) is 36.1 Å². The zero-order chi connectivity index (χ0) is 19.2. The molecule has 9 nitrogen and oxygen atoms in total. The van der Waals surface area contributed by atoms with Gasteiger partial charge in [0.1, 0.15) is 18.0 Å². The van der Waals surface area contributed by atoms with E-state index in [-0.39, 0.29) is 11.9 Å². The average Bonchev–Trinajstić information content (AvgIpc) is 3.18. The van der Waals surface area contributed by atoms with Crippen LogP contribution < -0.4 is 16.0 Å². The van der Waals surface area contributed by atoms with Gasteiger partial charge < -0.3 is 16.0 Å². The van der Waals surface area contributed by atoms with Gasteiger partial charge in [-0.25, -0.2) is 14.8 Å². The van der Waals surface area contributed by atoms with Crippen LogP contribution in [0.5, 0.6) is 0 Å². The van der Waals surface area contributed by atoms with Crippen LogP contribution in [0.25, 0.3) is 0 Å². The van der Waals surface area contributed by atoms with Gasteiger partial charge in [0.2, 0.25) is 0 Å². The second-order valence-corrected chi connectivity index (χ2v) is 6.02. The lowest BCUT2D eigenvalue weighted by atomic mass is 10.2. The Labute approximate surface area is 159 Å². The quantitative estimate of drug-likeness (QED) is 0.537. The van der Waals surface area contributed by atoms with Gasteiger partial charge in [-0.1, -0.05) is 17.7 Å². The van der Waals surface area contributed by atoms with E-state index in [0.717, 1.165) is 0 Å². The number of rotatable bonds is 5. The molecular formula is C17H16ClN7O2. The SMILES string of the molecule is CC(NC(=O)Nc1cccc(C(=O)Nc2ccc(Cl)cn2)c1)c1ncn[nH]1. The third-order valence-electron chi connectivity index (χ3n) is 3.54. The van der Waals surface area contributed by atoms with Crippen molar-refractivity contribution in [1.29, 1.82) is 0 Å². The molecule has 3 aromatic rings. The van der Waals surface area contributed by atoms with Crippen LogP contribution in [0.3, 0.4) is 0 Å². The molecule has 0 fully saturated rings. The molecule has 1 aromatic carbocycles. The number of carbonyl (C=O) groups excluding carboxylic acids is 2. The van der Waals surface area contributed by atoms with E-state index in [1.54, 1.807) is 43.3 Å². The van der Waals surface area contributed by atoms with Gasteiger partial charge in [0.05, 0.1) is 11.1 Å². The molecule has 0 radical (unpaired) electrons. The third kappa shape index (κ3) is 5.02. The summed E-state index contributed by atoms with van der Waals surface area (Å²) in [6, 6.07) is 8.97. The minimum Gasteiger partial charge on any atom is -0.328 e. The van der Waals surface area contributed by atoms with E-state index < -0.39 is 6.03 Å². The van der Waals surface area contributed by atoms with Crippen molar-refractivity contribution in [2.45, 2.75) is 13.0 Å². The number of benzene rings is 1. The van der Waals surface area contributed by atoms with Gasteiger partial charge in [-0.3, -0.25) is 9.89 Å². The van der Waals surface area contributed by atoms with Crippen molar-refractivity contribution >= 4 is 35.0 Å². The van der Waals surface area contributed by atoms with Crippen LogP contribution in [0.15, 0.2) is 48.9 Å². The Bertz CT molecular complexity index is 929. The molecule has 2 heterocycles. The zero-order valence-corrected chi connectivity index (χ0v) is 15.0. The maximum atomic E-state index is 12.3. The third-order valence-corrected chi connectivity index (χ3v) is 3.77. The summed E-state index contributed by atoms with van der Waals surface area (Å²) >= 11 is 5.77. The highest BCUT2D eigenvalue weighted by molar-refractivity contribution is 6.30. The minimum atomic E-state index is -0.434. The Morgan fingerprint density at radius 1 is 1.15 bits per heavy atom. The highest BCUT2D eigenvalue weighted by Crippen LogP contribution is 2.14. The van der Waals surface area contributed by atoms with Crippen LogP contribution in [-0.4, -0.2) is 32.1 Å². The topological polar surface area (TPSA) is 125 Å². The second kappa shape index (κ2) is 8.28. The number of halogens is 1. The molecular weight excluding hydrogens is 370 g/mol. The second-order valence-electron chi connectivity index (χ2n) is 5.59. The van der Waals surface area contributed by atoms with E-state index >= 15 is 0 Å². The molecule has 0 saturated heterocycles. The van der Waals surface area contributed by atoms with Crippen molar-refractivity contribution < 1.29 is 9.59 Å². The molecule has 3 amide bonds. The predicted octanol–water partition coefficient (Wildman–Crippen LogP) is 2.99. The fourth-order valence-electron chi connectivity index (χ4n) is 2.23. The van der Waals surface area contributed by atoms with Gasteiger partial charge in [0, 0.05) is 17.4 Å². The van der Waals surface area contributed by atoms with E-state index in [9.17, 15) is 9.59 Å². The van der Waals surface area contributed by atoms with Crippen LogP contribution in [0, 0.1) is 0 Å². The van der Waals surface area contributed by atoms with E-state index in [1.807, 2.05) is 0 Å². The number of H-pyrrole nitrogens is 1. The number of hydrogen-bond donors (Lipinski definition) is 4. The molecule has 1 atom stereocenters. The fourth-order valence-corrected chi connectivity index (χ4v) is 2.34. The number of nitrogens with zero attached hydrogens (tertiary/aromatic N) is 3. The standard InChI is InChI=1S/C17H16ClN7O2/c1-10(15-20-9-21-25-15)22-17(27)23-13-4-2-3-11(7-13)16(26)24-14-6-5-12(18)8-19-14/h2-10H,1H3,(H,19,24,26)(H,20,21,25)(H2,22,23,27). The molecule has 0 saturated carbocycles. The van der Waals surface area contributed by atoms with Gasteiger partial charge in [0.15, 0.2) is 0 Å². The molecule has 0 aliphatic carbocycles. The summed E-state index contributed by atoms with van der Waals surface area (Å²) in [7, 11) is 0. The summed E-state index contributed by atoms with van der Waals surface area (Å²) in [4.78, 5) is 32.4. The summed E-state index contributed by atoms with van der Waals surface area (Å²) in [5, 5.41) is 15.0. The predicted molar refractivity (Wildman–Crippen MR) is 101 cm³/mol. The molecule has 0 aliphatic heterocycles. The molecule has 1 unspecified atom stereocenters. The average molecular weight is 386 g/mol. The fraction of sp³-hybridized carbons (Fsp3) is 0.118. The Morgan fingerprint density at radius 2 is 2.00 bits per heavy atom.